The molecule has 4 aromatic carbocycles. The molecular formula is C30H31OP. The predicted octanol–water partition coefficient (Wildman–Crippen LogP) is 8.02. The van der Waals surface area contributed by atoms with Crippen molar-refractivity contribution in [2.45, 2.75) is 39.5 Å². The Hall–Kier alpha value is -2.89. The molecule has 0 saturated carbocycles. The Morgan fingerprint density at radius 2 is 1.19 bits per heavy atom. The fourth-order valence-corrected chi connectivity index (χ4v) is 5.15. The molecule has 1 atom stereocenters. The van der Waals surface area contributed by atoms with Crippen LogP contribution in [-0.4, -0.2) is 0 Å². The molecule has 0 saturated heterocycles. The van der Waals surface area contributed by atoms with Crippen molar-refractivity contribution in [3.63, 3.8) is 0 Å². The molecule has 0 spiro atoms. The van der Waals surface area contributed by atoms with E-state index in [-0.39, 0.29) is 0 Å². The molecule has 0 N–H and O–H groups in total. The number of para-hydroxylation sites is 1. The molecule has 0 heterocycles. The first-order valence-electron chi connectivity index (χ1n) is 11.3. The third-order valence-corrected chi connectivity index (χ3v) is 7.01. The third kappa shape index (κ3) is 5.12. The quantitative estimate of drug-likeness (QED) is 0.265. The van der Waals surface area contributed by atoms with E-state index in [4.69, 9.17) is 4.74 Å². The first-order chi connectivity index (χ1) is 15.5. The number of benzene rings is 4. The van der Waals surface area contributed by atoms with Crippen LogP contribution in [0.3, 0.4) is 0 Å². The number of rotatable bonds is 7. The summed E-state index contributed by atoms with van der Waals surface area (Å²) in [4.78, 5) is 0. The Kier molecular flexibility index (Phi) is 7.08. The second kappa shape index (κ2) is 10.2. The van der Waals surface area contributed by atoms with E-state index < -0.39 is 0 Å². The normalized spacial score (nSPS) is 11.6. The Bertz CT molecular complexity index is 1130. The molecule has 162 valence electrons. The molecule has 0 bridgehead atoms. The molecule has 0 aliphatic rings. The van der Waals surface area contributed by atoms with Crippen LogP contribution in [0.25, 0.3) is 11.1 Å². The van der Waals surface area contributed by atoms with Crippen molar-refractivity contribution in [1.29, 1.82) is 0 Å². The SMILES string of the molecule is CC(C)c1cccc(C(C)C)c1Oc1ccc(-c2ccccc2Pc2ccccc2)cc1. The van der Waals surface area contributed by atoms with Crippen LogP contribution in [0.1, 0.15) is 50.7 Å². The number of hydrogen-bond donors (Lipinski definition) is 0. The summed E-state index contributed by atoms with van der Waals surface area (Å²) < 4.78 is 6.48. The van der Waals surface area contributed by atoms with Crippen molar-refractivity contribution in [3.05, 3.63) is 108 Å². The van der Waals surface area contributed by atoms with Crippen LogP contribution in [0.4, 0.5) is 0 Å². The highest BCUT2D eigenvalue weighted by Gasteiger charge is 2.16. The van der Waals surface area contributed by atoms with Crippen molar-refractivity contribution in [1.82, 2.24) is 0 Å². The molecule has 2 heteroatoms. The van der Waals surface area contributed by atoms with Crippen LogP contribution < -0.4 is 15.3 Å². The molecule has 1 unspecified atom stereocenters. The molecular weight excluding hydrogens is 407 g/mol. The minimum Gasteiger partial charge on any atom is -0.457 e. The molecule has 0 aromatic heterocycles. The summed E-state index contributed by atoms with van der Waals surface area (Å²) in [5.74, 6) is 2.71. The summed E-state index contributed by atoms with van der Waals surface area (Å²) in [6, 6.07) is 34.4. The van der Waals surface area contributed by atoms with E-state index in [0.717, 1.165) is 11.5 Å². The summed E-state index contributed by atoms with van der Waals surface area (Å²) in [7, 11) is 0.636. The van der Waals surface area contributed by atoms with E-state index in [1.165, 1.54) is 32.9 Å². The van der Waals surface area contributed by atoms with Crippen LogP contribution in [0.2, 0.25) is 0 Å². The van der Waals surface area contributed by atoms with Crippen LogP contribution >= 0.6 is 8.58 Å². The lowest BCUT2D eigenvalue weighted by atomic mass is 9.94. The summed E-state index contributed by atoms with van der Waals surface area (Å²) in [6.07, 6.45) is 0. The van der Waals surface area contributed by atoms with Crippen molar-refractivity contribution < 1.29 is 4.74 Å². The standard InChI is InChI=1S/C30H31OP/c1-21(2)26-14-10-15-27(22(3)4)30(26)31-24-19-17-23(18-20-24)28-13-8-9-16-29(28)32-25-11-6-5-7-12-25/h5-22,32H,1-4H3. The van der Waals surface area contributed by atoms with E-state index in [1.807, 2.05) is 0 Å². The van der Waals surface area contributed by atoms with E-state index in [1.54, 1.807) is 0 Å². The summed E-state index contributed by atoms with van der Waals surface area (Å²) in [6.45, 7) is 8.89. The Morgan fingerprint density at radius 3 is 1.81 bits per heavy atom. The predicted molar refractivity (Wildman–Crippen MR) is 141 cm³/mol. The van der Waals surface area contributed by atoms with Gasteiger partial charge < -0.3 is 4.74 Å². The van der Waals surface area contributed by atoms with Gasteiger partial charge in [0.15, 0.2) is 0 Å². The van der Waals surface area contributed by atoms with Crippen molar-refractivity contribution in [2.24, 2.45) is 0 Å². The monoisotopic (exact) mass is 438 g/mol. The minimum absolute atomic E-state index is 0.411. The van der Waals surface area contributed by atoms with Crippen molar-refractivity contribution >= 4 is 19.2 Å². The third-order valence-electron chi connectivity index (χ3n) is 5.69. The van der Waals surface area contributed by atoms with Gasteiger partial charge in [0, 0.05) is 0 Å². The molecule has 0 aliphatic heterocycles. The Balaban J connectivity index is 1.62. The number of hydrogen-bond acceptors (Lipinski definition) is 1. The summed E-state index contributed by atoms with van der Waals surface area (Å²) in [5.41, 5.74) is 5.02. The van der Waals surface area contributed by atoms with E-state index in [0.29, 0.717) is 20.4 Å². The second-order valence-corrected chi connectivity index (χ2v) is 10.1. The zero-order valence-electron chi connectivity index (χ0n) is 19.3. The van der Waals surface area contributed by atoms with E-state index in [9.17, 15) is 0 Å². The fourth-order valence-electron chi connectivity index (χ4n) is 3.94. The maximum absolute atomic E-state index is 6.48. The smallest absolute Gasteiger partial charge is 0.134 e. The zero-order chi connectivity index (χ0) is 22.5. The number of ether oxygens (including phenoxy) is 1. The van der Waals surface area contributed by atoms with Gasteiger partial charge in [0.05, 0.1) is 0 Å². The first-order valence-corrected chi connectivity index (χ1v) is 12.3. The lowest BCUT2D eigenvalue weighted by Crippen LogP contribution is -2.06. The molecule has 32 heavy (non-hydrogen) atoms. The minimum atomic E-state index is 0.411. The fraction of sp³-hybridized carbons (Fsp3) is 0.200. The van der Waals surface area contributed by atoms with Gasteiger partial charge in [-0.25, -0.2) is 0 Å². The van der Waals surface area contributed by atoms with Gasteiger partial charge >= 0.3 is 0 Å². The lowest BCUT2D eigenvalue weighted by Gasteiger charge is -2.20. The average Bonchev–Trinajstić information content (AvgIpc) is 2.80. The zero-order valence-corrected chi connectivity index (χ0v) is 20.3. The molecule has 0 fully saturated rings. The van der Waals surface area contributed by atoms with Crippen molar-refractivity contribution in [3.8, 4) is 22.6 Å². The van der Waals surface area contributed by atoms with Gasteiger partial charge in [0.2, 0.25) is 0 Å². The van der Waals surface area contributed by atoms with Crippen molar-refractivity contribution in [2.75, 3.05) is 0 Å². The van der Waals surface area contributed by atoms with Gasteiger partial charge in [-0.1, -0.05) is 121 Å². The van der Waals surface area contributed by atoms with Gasteiger partial charge in [-0.3, -0.25) is 0 Å². The highest BCUT2D eigenvalue weighted by molar-refractivity contribution is 7.55. The summed E-state index contributed by atoms with van der Waals surface area (Å²) in [5, 5.41) is 2.71. The molecule has 0 amide bonds. The first kappa shape index (κ1) is 22.3. The van der Waals surface area contributed by atoms with Gasteiger partial charge in [-0.15, -0.1) is 0 Å². The summed E-state index contributed by atoms with van der Waals surface area (Å²) >= 11 is 0. The van der Waals surface area contributed by atoms with Gasteiger partial charge in [0.1, 0.15) is 11.5 Å². The van der Waals surface area contributed by atoms with E-state index in [2.05, 4.69) is 125 Å². The second-order valence-electron chi connectivity index (χ2n) is 8.74. The van der Waals surface area contributed by atoms with Crippen LogP contribution in [-0.2, 0) is 0 Å². The van der Waals surface area contributed by atoms with Crippen LogP contribution in [0.15, 0.2) is 97.1 Å². The topological polar surface area (TPSA) is 9.23 Å². The molecule has 1 nitrogen and oxygen atoms in total. The molecule has 0 aliphatic carbocycles. The maximum atomic E-state index is 6.48. The van der Waals surface area contributed by atoms with Gasteiger partial charge in [-0.2, -0.15) is 0 Å². The molecule has 4 aromatic rings. The largest absolute Gasteiger partial charge is 0.457 e. The maximum Gasteiger partial charge on any atom is 0.134 e. The van der Waals surface area contributed by atoms with Crippen LogP contribution in [0, 0.1) is 0 Å². The highest BCUT2D eigenvalue weighted by Crippen LogP contribution is 2.38. The highest BCUT2D eigenvalue weighted by atomic mass is 31.1. The molecule has 4 rings (SSSR count). The van der Waals surface area contributed by atoms with E-state index >= 15 is 0 Å². The Labute approximate surface area is 194 Å². The van der Waals surface area contributed by atoms with Crippen LogP contribution in [0.5, 0.6) is 11.5 Å². The molecule has 0 radical (unpaired) electrons. The Morgan fingerprint density at radius 1 is 0.594 bits per heavy atom. The van der Waals surface area contributed by atoms with Gasteiger partial charge in [-0.05, 0) is 56.8 Å². The average molecular weight is 439 g/mol. The lowest BCUT2D eigenvalue weighted by molar-refractivity contribution is 0.463. The van der Waals surface area contributed by atoms with Gasteiger partial charge in [0.25, 0.3) is 0 Å².